The number of hydrogen-bond acceptors (Lipinski definition) is 1. The Hall–Kier alpha value is -0.0400. The van der Waals surface area contributed by atoms with Gasteiger partial charge in [0.05, 0.1) is 6.10 Å². The van der Waals surface area contributed by atoms with Crippen molar-refractivity contribution in [3.63, 3.8) is 0 Å². The van der Waals surface area contributed by atoms with Gasteiger partial charge in [-0.25, -0.2) is 0 Å². The molecular formula is C16H32O. The number of aliphatic hydroxyl groups is 1. The Morgan fingerprint density at radius 2 is 1.71 bits per heavy atom. The molecule has 0 aliphatic heterocycles. The zero-order valence-corrected chi connectivity index (χ0v) is 12.1. The Morgan fingerprint density at radius 3 is 2.24 bits per heavy atom. The Bertz CT molecular complexity index is 180. The fourth-order valence-corrected chi connectivity index (χ4v) is 3.24. The summed E-state index contributed by atoms with van der Waals surface area (Å²) in [6.07, 6.45) is 11.5. The lowest BCUT2D eigenvalue weighted by Crippen LogP contribution is -2.25. The third kappa shape index (κ3) is 5.90. The minimum Gasteiger partial charge on any atom is -0.393 e. The van der Waals surface area contributed by atoms with Gasteiger partial charge < -0.3 is 5.11 Å². The lowest BCUT2D eigenvalue weighted by molar-refractivity contribution is 0.0630. The third-order valence-electron chi connectivity index (χ3n) is 4.41. The fraction of sp³-hybridized carbons (Fsp3) is 1.00. The highest BCUT2D eigenvalue weighted by molar-refractivity contribution is 4.77. The van der Waals surface area contributed by atoms with Crippen LogP contribution in [0.1, 0.15) is 78.6 Å². The second-order valence-corrected chi connectivity index (χ2v) is 6.46. The Morgan fingerprint density at radius 1 is 1.06 bits per heavy atom. The summed E-state index contributed by atoms with van der Waals surface area (Å²) >= 11 is 0. The maximum absolute atomic E-state index is 10.2. The third-order valence-corrected chi connectivity index (χ3v) is 4.41. The summed E-state index contributed by atoms with van der Waals surface area (Å²) in [6, 6.07) is 0. The van der Waals surface area contributed by atoms with Gasteiger partial charge in [-0.15, -0.1) is 0 Å². The summed E-state index contributed by atoms with van der Waals surface area (Å²) in [6.45, 7) is 6.82. The van der Waals surface area contributed by atoms with Gasteiger partial charge in [-0.1, -0.05) is 59.3 Å². The molecule has 0 aromatic carbocycles. The topological polar surface area (TPSA) is 20.2 Å². The molecule has 1 unspecified atom stereocenters. The van der Waals surface area contributed by atoms with E-state index in [1.807, 2.05) is 0 Å². The van der Waals surface area contributed by atoms with Crippen LogP contribution in [-0.4, -0.2) is 11.2 Å². The largest absolute Gasteiger partial charge is 0.393 e. The molecule has 1 aliphatic carbocycles. The Labute approximate surface area is 108 Å². The van der Waals surface area contributed by atoms with Crippen LogP contribution >= 0.6 is 0 Å². The van der Waals surface area contributed by atoms with Crippen LogP contribution in [0.2, 0.25) is 0 Å². The van der Waals surface area contributed by atoms with Crippen LogP contribution in [-0.2, 0) is 0 Å². The van der Waals surface area contributed by atoms with Crippen LogP contribution < -0.4 is 0 Å². The number of aliphatic hydroxyl groups excluding tert-OH is 1. The van der Waals surface area contributed by atoms with Crippen LogP contribution in [0.25, 0.3) is 0 Å². The van der Waals surface area contributed by atoms with E-state index in [0.29, 0.717) is 5.92 Å². The molecule has 1 heteroatoms. The van der Waals surface area contributed by atoms with E-state index in [1.54, 1.807) is 0 Å². The SMILES string of the molecule is CCCC1CCC(C(O)CCCC(C)C)CC1. The van der Waals surface area contributed by atoms with Crippen molar-refractivity contribution in [1.29, 1.82) is 0 Å². The molecule has 102 valence electrons. The summed E-state index contributed by atoms with van der Waals surface area (Å²) < 4.78 is 0. The Kier molecular flexibility index (Phi) is 7.18. The van der Waals surface area contributed by atoms with Crippen LogP contribution in [0.4, 0.5) is 0 Å². The molecule has 1 atom stereocenters. The number of rotatable bonds is 7. The van der Waals surface area contributed by atoms with E-state index >= 15 is 0 Å². The molecule has 1 N–H and O–H groups in total. The van der Waals surface area contributed by atoms with E-state index in [2.05, 4.69) is 20.8 Å². The van der Waals surface area contributed by atoms with Crippen molar-refractivity contribution in [2.75, 3.05) is 0 Å². The van der Waals surface area contributed by atoms with Gasteiger partial charge in [0.1, 0.15) is 0 Å². The normalized spacial score (nSPS) is 27.4. The lowest BCUT2D eigenvalue weighted by Gasteiger charge is -2.31. The van der Waals surface area contributed by atoms with Crippen LogP contribution in [0, 0.1) is 17.8 Å². The zero-order valence-electron chi connectivity index (χ0n) is 12.1. The van der Waals surface area contributed by atoms with Crippen molar-refractivity contribution in [3.05, 3.63) is 0 Å². The second kappa shape index (κ2) is 8.13. The van der Waals surface area contributed by atoms with Crippen LogP contribution in [0.5, 0.6) is 0 Å². The van der Waals surface area contributed by atoms with E-state index in [0.717, 1.165) is 18.3 Å². The maximum Gasteiger partial charge on any atom is 0.0568 e. The number of hydrogen-bond donors (Lipinski definition) is 1. The van der Waals surface area contributed by atoms with Gasteiger partial charge in [0.2, 0.25) is 0 Å². The zero-order chi connectivity index (χ0) is 12.7. The molecule has 0 heterocycles. The summed E-state index contributed by atoms with van der Waals surface area (Å²) in [5.74, 6) is 2.34. The van der Waals surface area contributed by atoms with Gasteiger partial charge in [0, 0.05) is 0 Å². The smallest absolute Gasteiger partial charge is 0.0568 e. The molecule has 17 heavy (non-hydrogen) atoms. The molecule has 1 saturated carbocycles. The fourth-order valence-electron chi connectivity index (χ4n) is 3.24. The van der Waals surface area contributed by atoms with Crippen molar-refractivity contribution in [1.82, 2.24) is 0 Å². The summed E-state index contributed by atoms with van der Waals surface area (Å²) in [7, 11) is 0. The van der Waals surface area contributed by atoms with Gasteiger partial charge in [-0.3, -0.25) is 0 Å². The highest BCUT2D eigenvalue weighted by Gasteiger charge is 2.25. The Balaban J connectivity index is 2.14. The molecule has 0 aromatic rings. The molecule has 1 aliphatic rings. The lowest BCUT2D eigenvalue weighted by atomic mass is 9.77. The first-order valence-corrected chi connectivity index (χ1v) is 7.81. The van der Waals surface area contributed by atoms with Crippen molar-refractivity contribution in [2.45, 2.75) is 84.7 Å². The molecule has 1 rings (SSSR count). The molecule has 0 bridgehead atoms. The summed E-state index contributed by atoms with van der Waals surface area (Å²) in [5.41, 5.74) is 0. The van der Waals surface area contributed by atoms with E-state index in [9.17, 15) is 5.11 Å². The molecule has 0 amide bonds. The molecule has 0 radical (unpaired) electrons. The van der Waals surface area contributed by atoms with Crippen LogP contribution in [0.15, 0.2) is 0 Å². The molecular weight excluding hydrogens is 208 g/mol. The van der Waals surface area contributed by atoms with Gasteiger partial charge in [0.15, 0.2) is 0 Å². The van der Waals surface area contributed by atoms with Gasteiger partial charge in [0.25, 0.3) is 0 Å². The van der Waals surface area contributed by atoms with Gasteiger partial charge in [-0.05, 0) is 37.0 Å². The molecule has 0 spiro atoms. The summed E-state index contributed by atoms with van der Waals surface area (Å²) in [5, 5.41) is 10.2. The van der Waals surface area contributed by atoms with Crippen molar-refractivity contribution in [3.8, 4) is 0 Å². The quantitative estimate of drug-likeness (QED) is 0.679. The van der Waals surface area contributed by atoms with E-state index < -0.39 is 0 Å². The monoisotopic (exact) mass is 240 g/mol. The molecule has 0 saturated heterocycles. The van der Waals surface area contributed by atoms with Crippen LogP contribution in [0.3, 0.4) is 0 Å². The predicted molar refractivity (Wildman–Crippen MR) is 75.1 cm³/mol. The van der Waals surface area contributed by atoms with E-state index in [4.69, 9.17) is 0 Å². The highest BCUT2D eigenvalue weighted by Crippen LogP contribution is 2.34. The van der Waals surface area contributed by atoms with Crippen molar-refractivity contribution in [2.24, 2.45) is 17.8 Å². The minimum absolute atomic E-state index is 0.0173. The first-order valence-electron chi connectivity index (χ1n) is 7.81. The van der Waals surface area contributed by atoms with Gasteiger partial charge in [-0.2, -0.15) is 0 Å². The predicted octanol–water partition coefficient (Wildman–Crippen LogP) is 4.78. The van der Waals surface area contributed by atoms with Gasteiger partial charge >= 0.3 is 0 Å². The molecule has 1 fully saturated rings. The first kappa shape index (κ1) is 15.0. The minimum atomic E-state index is -0.0173. The maximum atomic E-state index is 10.2. The van der Waals surface area contributed by atoms with E-state index in [1.165, 1.54) is 51.4 Å². The average molecular weight is 240 g/mol. The summed E-state index contributed by atoms with van der Waals surface area (Å²) in [4.78, 5) is 0. The van der Waals surface area contributed by atoms with Crippen molar-refractivity contribution >= 4 is 0 Å². The average Bonchev–Trinajstić information content (AvgIpc) is 2.30. The molecule has 0 aromatic heterocycles. The molecule has 1 nitrogen and oxygen atoms in total. The van der Waals surface area contributed by atoms with Crippen molar-refractivity contribution < 1.29 is 5.11 Å². The first-order chi connectivity index (χ1) is 8.13. The second-order valence-electron chi connectivity index (χ2n) is 6.46. The highest BCUT2D eigenvalue weighted by atomic mass is 16.3. The van der Waals surface area contributed by atoms with E-state index in [-0.39, 0.29) is 6.10 Å². The standard InChI is InChI=1S/C16H32O/c1-4-6-14-9-11-15(12-10-14)16(17)8-5-7-13(2)3/h13-17H,4-12H2,1-3H3.